The first kappa shape index (κ1) is 13.4. The summed E-state index contributed by atoms with van der Waals surface area (Å²) in [4.78, 5) is 2.64. The fourth-order valence-corrected chi connectivity index (χ4v) is 3.62. The third-order valence-electron chi connectivity index (χ3n) is 4.93. The topological polar surface area (TPSA) is 29.3 Å². The largest absolute Gasteiger partial charge is 0.325 e. The van der Waals surface area contributed by atoms with Crippen LogP contribution in [-0.2, 0) is 0 Å². The zero-order valence-electron chi connectivity index (χ0n) is 11.8. The number of nitrogens with two attached hydrogens (primary N) is 1. The summed E-state index contributed by atoms with van der Waals surface area (Å²) in [6.07, 6.45) is 10.7. The van der Waals surface area contributed by atoms with Gasteiger partial charge in [-0.25, -0.2) is 0 Å². The minimum absolute atomic E-state index is 0.208. The fourth-order valence-electron chi connectivity index (χ4n) is 3.62. The second-order valence-corrected chi connectivity index (χ2v) is 6.71. The van der Waals surface area contributed by atoms with E-state index in [0.29, 0.717) is 0 Å². The molecule has 1 saturated heterocycles. The Morgan fingerprint density at radius 2 is 1.94 bits per heavy atom. The highest BCUT2D eigenvalue weighted by atomic mass is 15.2. The van der Waals surface area contributed by atoms with E-state index in [4.69, 9.17) is 5.73 Å². The zero-order valence-corrected chi connectivity index (χ0v) is 11.8. The molecule has 2 heteroatoms. The summed E-state index contributed by atoms with van der Waals surface area (Å²) in [5.41, 5.74) is 6.67. The summed E-state index contributed by atoms with van der Waals surface area (Å²) in [5.74, 6) is 0.909. The van der Waals surface area contributed by atoms with Gasteiger partial charge in [-0.1, -0.05) is 12.8 Å². The van der Waals surface area contributed by atoms with Crippen LogP contribution in [0.4, 0.5) is 0 Å². The van der Waals surface area contributed by atoms with Crippen molar-refractivity contribution >= 4 is 0 Å². The lowest BCUT2D eigenvalue weighted by Gasteiger charge is -2.36. The Labute approximate surface area is 107 Å². The molecule has 1 heterocycles. The third-order valence-corrected chi connectivity index (χ3v) is 4.93. The number of likely N-dealkylation sites (tertiary alicyclic amines) is 1. The van der Waals surface area contributed by atoms with Crippen LogP contribution in [0.5, 0.6) is 0 Å². The van der Waals surface area contributed by atoms with Crippen molar-refractivity contribution in [1.82, 2.24) is 4.90 Å². The number of hydrogen-bond acceptors (Lipinski definition) is 2. The Morgan fingerprint density at radius 1 is 1.24 bits per heavy atom. The van der Waals surface area contributed by atoms with Crippen molar-refractivity contribution < 1.29 is 0 Å². The molecule has 2 aliphatic rings. The van der Waals surface area contributed by atoms with Gasteiger partial charge in [0.25, 0.3) is 0 Å². The second kappa shape index (κ2) is 5.71. The van der Waals surface area contributed by atoms with Crippen LogP contribution in [0.2, 0.25) is 0 Å². The number of hydrogen-bond donors (Lipinski definition) is 1. The molecule has 100 valence electrons. The van der Waals surface area contributed by atoms with Crippen molar-refractivity contribution in [2.45, 2.75) is 76.8 Å². The molecule has 2 fully saturated rings. The van der Waals surface area contributed by atoms with Crippen molar-refractivity contribution in [1.29, 1.82) is 0 Å². The van der Waals surface area contributed by atoms with Crippen LogP contribution >= 0.6 is 0 Å². The lowest BCUT2D eigenvalue weighted by atomic mass is 9.85. The van der Waals surface area contributed by atoms with E-state index >= 15 is 0 Å². The molecule has 0 radical (unpaired) electrons. The van der Waals surface area contributed by atoms with Crippen molar-refractivity contribution in [2.75, 3.05) is 13.1 Å². The molecule has 0 aromatic rings. The van der Waals surface area contributed by atoms with Crippen molar-refractivity contribution in [3.8, 4) is 0 Å². The molecule has 1 saturated carbocycles. The van der Waals surface area contributed by atoms with Gasteiger partial charge >= 0.3 is 0 Å². The lowest BCUT2D eigenvalue weighted by Crippen LogP contribution is -2.42. The lowest BCUT2D eigenvalue weighted by molar-refractivity contribution is 0.129. The number of piperidine rings is 1. The minimum Gasteiger partial charge on any atom is -0.325 e. The predicted octanol–water partition coefficient (Wildman–Crippen LogP) is 3.16. The SMILES string of the molecule is CC(C)N1CCCC(CCC2(N)CCCC2)C1. The van der Waals surface area contributed by atoms with E-state index in [0.717, 1.165) is 12.0 Å². The van der Waals surface area contributed by atoms with E-state index in [1.54, 1.807) is 0 Å². The molecule has 1 aliphatic carbocycles. The van der Waals surface area contributed by atoms with E-state index in [1.165, 1.54) is 64.5 Å². The summed E-state index contributed by atoms with van der Waals surface area (Å²) < 4.78 is 0. The molecular weight excluding hydrogens is 208 g/mol. The Bertz CT molecular complexity index is 231. The van der Waals surface area contributed by atoms with Gasteiger partial charge in [-0.3, -0.25) is 0 Å². The molecule has 2 rings (SSSR count). The maximum Gasteiger partial charge on any atom is 0.0154 e. The molecule has 17 heavy (non-hydrogen) atoms. The standard InChI is InChI=1S/C15H30N2/c1-13(2)17-11-5-6-14(12-17)7-10-15(16)8-3-4-9-15/h13-14H,3-12,16H2,1-2H3. The van der Waals surface area contributed by atoms with Gasteiger partial charge in [-0.05, 0) is 64.8 Å². The Hall–Kier alpha value is -0.0800. The van der Waals surface area contributed by atoms with Gasteiger partial charge in [-0.2, -0.15) is 0 Å². The van der Waals surface area contributed by atoms with Gasteiger partial charge < -0.3 is 10.6 Å². The van der Waals surface area contributed by atoms with Gasteiger partial charge in [0.2, 0.25) is 0 Å². The van der Waals surface area contributed by atoms with E-state index < -0.39 is 0 Å². The predicted molar refractivity (Wildman–Crippen MR) is 74.1 cm³/mol. The number of rotatable bonds is 4. The van der Waals surface area contributed by atoms with Crippen LogP contribution in [0.25, 0.3) is 0 Å². The van der Waals surface area contributed by atoms with E-state index in [9.17, 15) is 0 Å². The molecule has 1 aliphatic heterocycles. The zero-order chi connectivity index (χ0) is 12.3. The maximum atomic E-state index is 6.46. The van der Waals surface area contributed by atoms with E-state index in [-0.39, 0.29) is 5.54 Å². The van der Waals surface area contributed by atoms with Crippen LogP contribution in [-0.4, -0.2) is 29.6 Å². The summed E-state index contributed by atoms with van der Waals surface area (Å²) in [6, 6.07) is 0.719. The van der Waals surface area contributed by atoms with Gasteiger partial charge in [0.15, 0.2) is 0 Å². The quantitative estimate of drug-likeness (QED) is 0.815. The monoisotopic (exact) mass is 238 g/mol. The Morgan fingerprint density at radius 3 is 2.59 bits per heavy atom. The maximum absolute atomic E-state index is 6.46. The summed E-state index contributed by atoms with van der Waals surface area (Å²) >= 11 is 0. The molecular formula is C15H30N2. The van der Waals surface area contributed by atoms with Crippen molar-refractivity contribution in [3.05, 3.63) is 0 Å². The first-order chi connectivity index (χ1) is 8.09. The van der Waals surface area contributed by atoms with Gasteiger partial charge in [0.1, 0.15) is 0 Å². The second-order valence-electron chi connectivity index (χ2n) is 6.71. The molecule has 0 aromatic carbocycles. The van der Waals surface area contributed by atoms with Crippen LogP contribution in [0.3, 0.4) is 0 Å². The summed E-state index contributed by atoms with van der Waals surface area (Å²) in [6.45, 7) is 7.27. The minimum atomic E-state index is 0.208. The van der Waals surface area contributed by atoms with Gasteiger partial charge in [0.05, 0.1) is 0 Å². The molecule has 1 atom stereocenters. The van der Waals surface area contributed by atoms with Gasteiger partial charge in [0, 0.05) is 18.1 Å². The highest BCUT2D eigenvalue weighted by Crippen LogP contribution is 2.33. The van der Waals surface area contributed by atoms with Crippen LogP contribution in [0.15, 0.2) is 0 Å². The van der Waals surface area contributed by atoms with E-state index in [2.05, 4.69) is 18.7 Å². The molecule has 2 N–H and O–H groups in total. The number of nitrogens with zero attached hydrogens (tertiary/aromatic N) is 1. The molecule has 0 bridgehead atoms. The first-order valence-electron chi connectivity index (χ1n) is 7.62. The fraction of sp³-hybridized carbons (Fsp3) is 1.00. The molecule has 2 nitrogen and oxygen atoms in total. The average Bonchev–Trinajstić information content (AvgIpc) is 2.75. The van der Waals surface area contributed by atoms with E-state index in [1.807, 2.05) is 0 Å². The molecule has 1 unspecified atom stereocenters. The summed E-state index contributed by atoms with van der Waals surface area (Å²) in [7, 11) is 0. The first-order valence-corrected chi connectivity index (χ1v) is 7.62. The van der Waals surface area contributed by atoms with Gasteiger partial charge in [-0.15, -0.1) is 0 Å². The van der Waals surface area contributed by atoms with Crippen LogP contribution in [0.1, 0.15) is 65.2 Å². The average molecular weight is 238 g/mol. The molecule has 0 spiro atoms. The third kappa shape index (κ3) is 3.69. The summed E-state index contributed by atoms with van der Waals surface area (Å²) in [5, 5.41) is 0. The smallest absolute Gasteiger partial charge is 0.0154 e. The van der Waals surface area contributed by atoms with Crippen molar-refractivity contribution in [3.63, 3.8) is 0 Å². The molecule has 0 amide bonds. The van der Waals surface area contributed by atoms with Crippen LogP contribution < -0.4 is 5.73 Å². The Balaban J connectivity index is 1.75. The molecule has 0 aromatic heterocycles. The van der Waals surface area contributed by atoms with Crippen LogP contribution in [0, 0.1) is 5.92 Å². The Kier molecular flexibility index (Phi) is 4.48. The highest BCUT2D eigenvalue weighted by molar-refractivity contribution is 4.90. The highest BCUT2D eigenvalue weighted by Gasteiger charge is 2.30. The normalized spacial score (nSPS) is 30.0. The van der Waals surface area contributed by atoms with Crippen molar-refractivity contribution in [2.24, 2.45) is 11.7 Å².